The highest BCUT2D eigenvalue weighted by Gasteiger charge is 2.19. The van der Waals surface area contributed by atoms with Crippen LogP contribution in [0.5, 0.6) is 5.75 Å². The molecular formula is C22H18Cl2FN3O3. The summed E-state index contributed by atoms with van der Waals surface area (Å²) in [5.74, 6) is -0.863. The number of hydrogen-bond donors (Lipinski definition) is 1. The molecule has 0 spiro atoms. The van der Waals surface area contributed by atoms with Crippen LogP contribution in [0, 0.1) is 5.82 Å². The second-order valence-corrected chi connectivity index (χ2v) is 7.35. The number of halogens is 3. The van der Waals surface area contributed by atoms with Gasteiger partial charge in [-0.1, -0.05) is 29.3 Å². The lowest BCUT2D eigenvalue weighted by molar-refractivity contribution is -0.116. The Balaban J connectivity index is 1.86. The van der Waals surface area contributed by atoms with Gasteiger partial charge in [-0.25, -0.2) is 9.37 Å². The van der Waals surface area contributed by atoms with Gasteiger partial charge in [0.25, 0.3) is 0 Å². The second-order valence-electron chi connectivity index (χ2n) is 6.53. The third-order valence-corrected chi connectivity index (χ3v) is 5.03. The maximum atomic E-state index is 14.0. The summed E-state index contributed by atoms with van der Waals surface area (Å²) >= 11 is 12.2. The zero-order chi connectivity index (χ0) is 22.5. The molecule has 2 amide bonds. The number of nitrogens with one attached hydrogen (secondary N) is 1. The van der Waals surface area contributed by atoms with Crippen molar-refractivity contribution in [1.29, 1.82) is 0 Å². The number of methoxy groups -OCH3 is 1. The monoisotopic (exact) mass is 461 g/mol. The molecule has 0 unspecified atom stereocenters. The van der Waals surface area contributed by atoms with Crippen LogP contribution in [-0.4, -0.2) is 23.9 Å². The van der Waals surface area contributed by atoms with E-state index in [0.717, 1.165) is 0 Å². The average Bonchev–Trinajstić information content (AvgIpc) is 2.70. The van der Waals surface area contributed by atoms with Gasteiger partial charge < -0.3 is 10.1 Å². The Hall–Kier alpha value is -3.16. The molecule has 3 aromatic rings. The van der Waals surface area contributed by atoms with Crippen LogP contribution >= 0.6 is 23.2 Å². The highest BCUT2D eigenvalue weighted by Crippen LogP contribution is 2.30. The SMILES string of the molecule is COc1cc(F)cc(N(C(C)=O)c2cc(NC(=O)Cc3c(Cl)cccc3Cl)ccn2)c1. The van der Waals surface area contributed by atoms with Crippen LogP contribution < -0.4 is 15.0 Å². The van der Waals surface area contributed by atoms with Crippen LogP contribution in [-0.2, 0) is 16.0 Å². The second kappa shape index (κ2) is 9.76. The van der Waals surface area contributed by atoms with Crippen molar-refractivity contribution in [3.8, 4) is 5.75 Å². The first kappa shape index (κ1) is 22.5. The zero-order valence-electron chi connectivity index (χ0n) is 16.7. The van der Waals surface area contributed by atoms with E-state index in [1.165, 1.54) is 49.4 Å². The quantitative estimate of drug-likeness (QED) is 0.533. The van der Waals surface area contributed by atoms with Gasteiger partial charge in [-0.2, -0.15) is 0 Å². The normalized spacial score (nSPS) is 10.5. The number of nitrogens with zero attached hydrogens (tertiary/aromatic N) is 2. The number of aromatic nitrogens is 1. The minimum atomic E-state index is -0.568. The molecule has 31 heavy (non-hydrogen) atoms. The Kier molecular flexibility index (Phi) is 7.09. The third kappa shape index (κ3) is 5.51. The summed E-state index contributed by atoms with van der Waals surface area (Å²) in [5.41, 5.74) is 1.14. The Bertz CT molecular complexity index is 1120. The predicted octanol–water partition coefficient (Wildman–Crippen LogP) is 5.40. The first-order valence-electron chi connectivity index (χ1n) is 9.12. The number of ether oxygens (including phenoxy) is 1. The van der Waals surface area contributed by atoms with Gasteiger partial charge in [-0.15, -0.1) is 0 Å². The molecule has 1 N–H and O–H groups in total. The molecule has 1 aromatic heterocycles. The molecule has 0 aliphatic rings. The Morgan fingerprint density at radius 1 is 1.13 bits per heavy atom. The molecule has 2 aromatic carbocycles. The van der Waals surface area contributed by atoms with E-state index in [-0.39, 0.29) is 29.6 Å². The van der Waals surface area contributed by atoms with Gasteiger partial charge in [0, 0.05) is 47.1 Å². The fraction of sp³-hybridized carbons (Fsp3) is 0.136. The lowest BCUT2D eigenvalue weighted by atomic mass is 10.1. The van der Waals surface area contributed by atoms with Gasteiger partial charge in [0.05, 0.1) is 19.2 Å². The molecule has 0 radical (unpaired) electrons. The molecule has 0 atom stereocenters. The third-order valence-electron chi connectivity index (χ3n) is 4.32. The van der Waals surface area contributed by atoms with Crippen molar-refractivity contribution in [2.75, 3.05) is 17.3 Å². The van der Waals surface area contributed by atoms with E-state index in [4.69, 9.17) is 27.9 Å². The van der Waals surface area contributed by atoms with E-state index in [2.05, 4.69) is 10.3 Å². The van der Waals surface area contributed by atoms with E-state index < -0.39 is 11.7 Å². The molecule has 3 rings (SSSR count). The van der Waals surface area contributed by atoms with Crippen LogP contribution in [0.15, 0.2) is 54.7 Å². The standard InChI is InChI=1S/C22H18Cl2FN3O3/c1-13(29)28(16-8-14(25)9-17(11-16)31-2)21-10-15(6-7-26-21)27-22(30)12-18-19(23)4-3-5-20(18)24/h3-11H,12H2,1-2H3,(H,26,27,30). The lowest BCUT2D eigenvalue weighted by Gasteiger charge is -2.21. The average molecular weight is 462 g/mol. The van der Waals surface area contributed by atoms with E-state index in [0.29, 0.717) is 21.3 Å². The zero-order valence-corrected chi connectivity index (χ0v) is 18.2. The molecule has 0 bridgehead atoms. The van der Waals surface area contributed by atoms with Crippen LogP contribution in [0.3, 0.4) is 0 Å². The summed E-state index contributed by atoms with van der Waals surface area (Å²) in [6.07, 6.45) is 1.40. The molecule has 9 heteroatoms. The van der Waals surface area contributed by atoms with Gasteiger partial charge in [0.2, 0.25) is 11.8 Å². The first-order chi connectivity index (χ1) is 14.8. The van der Waals surface area contributed by atoms with Gasteiger partial charge in [-0.3, -0.25) is 14.5 Å². The van der Waals surface area contributed by atoms with Crippen LogP contribution in [0.25, 0.3) is 0 Å². The van der Waals surface area contributed by atoms with Crippen molar-refractivity contribution in [3.63, 3.8) is 0 Å². The van der Waals surface area contributed by atoms with Gasteiger partial charge in [-0.05, 0) is 29.8 Å². The summed E-state index contributed by atoms with van der Waals surface area (Å²) in [7, 11) is 1.40. The van der Waals surface area contributed by atoms with Crippen molar-refractivity contribution in [3.05, 3.63) is 76.2 Å². The molecule has 6 nitrogen and oxygen atoms in total. The number of pyridine rings is 1. The minimum Gasteiger partial charge on any atom is -0.497 e. The number of rotatable bonds is 6. The van der Waals surface area contributed by atoms with Crippen molar-refractivity contribution in [2.45, 2.75) is 13.3 Å². The molecule has 1 heterocycles. The Morgan fingerprint density at radius 2 is 1.84 bits per heavy atom. The van der Waals surface area contributed by atoms with E-state index in [9.17, 15) is 14.0 Å². The molecule has 0 aliphatic heterocycles. The Morgan fingerprint density at radius 3 is 2.48 bits per heavy atom. The fourth-order valence-electron chi connectivity index (χ4n) is 2.96. The highest BCUT2D eigenvalue weighted by molar-refractivity contribution is 6.36. The molecule has 160 valence electrons. The summed E-state index contributed by atoms with van der Waals surface area (Å²) in [4.78, 5) is 30.2. The van der Waals surface area contributed by atoms with E-state index >= 15 is 0 Å². The summed E-state index contributed by atoms with van der Waals surface area (Å²) in [6, 6.07) is 12.0. The maximum absolute atomic E-state index is 14.0. The van der Waals surface area contributed by atoms with E-state index in [1.54, 1.807) is 24.3 Å². The number of anilines is 3. The van der Waals surface area contributed by atoms with Crippen molar-refractivity contribution >= 4 is 52.2 Å². The van der Waals surface area contributed by atoms with Crippen molar-refractivity contribution < 1.29 is 18.7 Å². The van der Waals surface area contributed by atoms with Crippen molar-refractivity contribution in [2.24, 2.45) is 0 Å². The maximum Gasteiger partial charge on any atom is 0.229 e. The van der Waals surface area contributed by atoms with Crippen LogP contribution in [0.1, 0.15) is 12.5 Å². The number of amides is 2. The summed E-state index contributed by atoms with van der Waals surface area (Å²) in [5, 5.41) is 3.51. The highest BCUT2D eigenvalue weighted by atomic mass is 35.5. The van der Waals surface area contributed by atoms with Crippen LogP contribution in [0.4, 0.5) is 21.6 Å². The topological polar surface area (TPSA) is 71.5 Å². The fourth-order valence-corrected chi connectivity index (χ4v) is 3.49. The molecule has 0 fully saturated rings. The molecule has 0 saturated carbocycles. The molecule has 0 aliphatic carbocycles. The summed E-state index contributed by atoms with van der Waals surface area (Å²) < 4.78 is 19.0. The number of benzene rings is 2. The largest absolute Gasteiger partial charge is 0.497 e. The predicted molar refractivity (Wildman–Crippen MR) is 119 cm³/mol. The van der Waals surface area contributed by atoms with Crippen LogP contribution in [0.2, 0.25) is 10.0 Å². The van der Waals surface area contributed by atoms with Gasteiger partial charge in [0.15, 0.2) is 0 Å². The smallest absolute Gasteiger partial charge is 0.229 e. The number of carbonyl (C=O) groups is 2. The summed E-state index contributed by atoms with van der Waals surface area (Å²) in [6.45, 7) is 1.32. The Labute approximate surface area is 188 Å². The van der Waals surface area contributed by atoms with E-state index in [1.807, 2.05) is 0 Å². The number of hydrogen-bond acceptors (Lipinski definition) is 4. The van der Waals surface area contributed by atoms with Gasteiger partial charge >= 0.3 is 0 Å². The number of carbonyl (C=O) groups excluding carboxylic acids is 2. The lowest BCUT2D eigenvalue weighted by Crippen LogP contribution is -2.24. The first-order valence-corrected chi connectivity index (χ1v) is 9.88. The molecule has 0 saturated heterocycles. The minimum absolute atomic E-state index is 0.0340. The van der Waals surface area contributed by atoms with Gasteiger partial charge in [0.1, 0.15) is 17.4 Å². The van der Waals surface area contributed by atoms with Crippen molar-refractivity contribution in [1.82, 2.24) is 4.98 Å². The molecular weight excluding hydrogens is 444 g/mol.